The third kappa shape index (κ3) is 30.2. The molecule has 0 radical (unpaired) electrons. The number of carbonyl (C=O) groups excluding carboxylic acids is 2. The molecule has 0 saturated heterocycles. The number of rotatable bonds is 40. The van der Waals surface area contributed by atoms with Crippen molar-refractivity contribution in [2.24, 2.45) is 0 Å². The minimum atomic E-state index is -5.12. The Kier molecular flexibility index (Phi) is 35.4. The number of allylic oxidation sites excluding steroid dienone is 4. The number of ether oxygens (including phenoxy) is 2. The third-order valence-electron chi connectivity index (χ3n) is 11.3. The van der Waals surface area contributed by atoms with Gasteiger partial charge in [0.25, 0.3) is 0 Å². The minimum absolute atomic E-state index is 0.0947. The van der Waals surface area contributed by atoms with Crippen LogP contribution in [-0.2, 0) is 32.7 Å². The Labute approximate surface area is 368 Å². The molecule has 1 aliphatic carbocycles. The Morgan fingerprint density at radius 1 is 0.492 bits per heavy atom. The zero-order chi connectivity index (χ0) is 45.0. The maximum atomic E-state index is 12.8. The van der Waals surface area contributed by atoms with Crippen LogP contribution in [0.3, 0.4) is 0 Å². The van der Waals surface area contributed by atoms with Crippen molar-refractivity contribution in [3.8, 4) is 0 Å². The zero-order valence-electron chi connectivity index (χ0n) is 38.0. The molecule has 14 heteroatoms. The maximum Gasteiger partial charge on any atom is 0.472 e. The van der Waals surface area contributed by atoms with Crippen LogP contribution in [-0.4, -0.2) is 98.3 Å². The highest BCUT2D eigenvalue weighted by atomic mass is 31.2. The Hall–Kier alpha value is -1.67. The highest BCUT2D eigenvalue weighted by molar-refractivity contribution is 7.47. The van der Waals surface area contributed by atoms with E-state index in [1.54, 1.807) is 0 Å². The van der Waals surface area contributed by atoms with Gasteiger partial charge in [-0.3, -0.25) is 18.6 Å². The minimum Gasteiger partial charge on any atom is -0.462 e. The van der Waals surface area contributed by atoms with Crippen LogP contribution in [0.15, 0.2) is 24.3 Å². The van der Waals surface area contributed by atoms with Gasteiger partial charge in [0, 0.05) is 12.8 Å². The molecule has 6 atom stereocenters. The average Bonchev–Trinajstić information content (AvgIpc) is 3.24. The quantitative estimate of drug-likeness (QED) is 0.0147. The van der Waals surface area contributed by atoms with E-state index in [0.29, 0.717) is 12.8 Å². The smallest absolute Gasteiger partial charge is 0.462 e. The fourth-order valence-corrected chi connectivity index (χ4v) is 8.31. The van der Waals surface area contributed by atoms with E-state index >= 15 is 0 Å². The van der Waals surface area contributed by atoms with Gasteiger partial charge in [-0.05, 0) is 64.2 Å². The maximum absolute atomic E-state index is 12.8. The lowest BCUT2D eigenvalue weighted by Crippen LogP contribution is -2.64. The van der Waals surface area contributed by atoms with Crippen molar-refractivity contribution < 1.29 is 63.1 Å². The summed E-state index contributed by atoms with van der Waals surface area (Å²) in [5.41, 5.74) is 0. The van der Waals surface area contributed by atoms with Crippen LogP contribution in [0.5, 0.6) is 0 Å². The van der Waals surface area contributed by atoms with E-state index in [0.717, 1.165) is 70.6 Å². The van der Waals surface area contributed by atoms with Crippen molar-refractivity contribution in [2.75, 3.05) is 13.2 Å². The molecule has 0 aliphatic heterocycles. The number of hydrogen-bond donors (Lipinski definition) is 6. The largest absolute Gasteiger partial charge is 0.472 e. The highest BCUT2D eigenvalue weighted by Gasteiger charge is 2.51. The Bertz CT molecular complexity index is 1170. The van der Waals surface area contributed by atoms with Crippen LogP contribution in [0.1, 0.15) is 206 Å². The lowest BCUT2D eigenvalue weighted by atomic mass is 9.85. The molecule has 0 bridgehead atoms. The number of carbonyl (C=O) groups is 2. The van der Waals surface area contributed by atoms with Gasteiger partial charge in [0.05, 0.1) is 6.61 Å². The van der Waals surface area contributed by atoms with Crippen LogP contribution >= 0.6 is 7.82 Å². The first-order valence-corrected chi connectivity index (χ1v) is 25.6. The van der Waals surface area contributed by atoms with Gasteiger partial charge >= 0.3 is 19.8 Å². The Morgan fingerprint density at radius 2 is 0.836 bits per heavy atom. The number of unbranched alkanes of at least 4 members (excludes halogenated alkanes) is 24. The zero-order valence-corrected chi connectivity index (χ0v) is 38.9. The number of phosphoric acid groups is 1. The van der Waals surface area contributed by atoms with Gasteiger partial charge in [0.2, 0.25) is 0 Å². The first-order chi connectivity index (χ1) is 29.4. The Morgan fingerprint density at radius 3 is 1.26 bits per heavy atom. The fraction of sp³-hybridized carbons (Fsp3) is 0.872. The normalized spacial score (nSPS) is 22.2. The van der Waals surface area contributed by atoms with Crippen molar-refractivity contribution in [2.45, 2.75) is 249 Å². The molecule has 6 unspecified atom stereocenters. The van der Waals surface area contributed by atoms with Crippen LogP contribution in [0.25, 0.3) is 0 Å². The predicted octanol–water partition coefficient (Wildman–Crippen LogP) is 9.62. The topological polar surface area (TPSA) is 210 Å². The van der Waals surface area contributed by atoms with E-state index in [1.807, 2.05) is 0 Å². The third-order valence-corrected chi connectivity index (χ3v) is 12.3. The van der Waals surface area contributed by atoms with Gasteiger partial charge in [-0.25, -0.2) is 4.57 Å². The molecule has 0 aromatic rings. The highest BCUT2D eigenvalue weighted by Crippen LogP contribution is 2.47. The lowest BCUT2D eigenvalue weighted by Gasteiger charge is -2.41. The second kappa shape index (κ2) is 37.7. The van der Waals surface area contributed by atoms with E-state index in [4.69, 9.17) is 18.5 Å². The van der Waals surface area contributed by atoms with Gasteiger partial charge in [-0.15, -0.1) is 0 Å². The van der Waals surface area contributed by atoms with Gasteiger partial charge in [0.15, 0.2) is 6.10 Å². The SMILES string of the molecule is CCCCCC/C=C\CCCCCCCC(=O)OCC(COP(=O)(O)OC1C(O)C(O)C(O)C(O)C1O)OC(=O)CCCCCCCCCCC/C=C\CCCCCCCC. The molecule has 0 spiro atoms. The molecule has 1 saturated carbocycles. The molecule has 0 aromatic carbocycles. The summed E-state index contributed by atoms with van der Waals surface area (Å²) < 4.78 is 33.5. The van der Waals surface area contributed by atoms with E-state index < -0.39 is 75.7 Å². The van der Waals surface area contributed by atoms with Gasteiger partial charge in [-0.2, -0.15) is 0 Å². The molecule has 61 heavy (non-hydrogen) atoms. The summed E-state index contributed by atoms with van der Waals surface area (Å²) in [7, 11) is -5.12. The number of hydrogen-bond acceptors (Lipinski definition) is 12. The second-order valence-electron chi connectivity index (χ2n) is 17.0. The summed E-state index contributed by atoms with van der Waals surface area (Å²) in [6.07, 6.45) is 28.0. The van der Waals surface area contributed by atoms with Gasteiger partial charge in [-0.1, -0.05) is 154 Å². The summed E-state index contributed by atoms with van der Waals surface area (Å²) in [6.45, 7) is 3.28. The van der Waals surface area contributed by atoms with Crippen LogP contribution in [0, 0.1) is 0 Å². The first kappa shape index (κ1) is 57.3. The summed E-state index contributed by atoms with van der Waals surface area (Å²) in [4.78, 5) is 35.7. The number of phosphoric ester groups is 1. The number of esters is 2. The van der Waals surface area contributed by atoms with Crippen molar-refractivity contribution in [1.29, 1.82) is 0 Å². The number of aliphatic hydroxyl groups excluding tert-OH is 5. The van der Waals surface area contributed by atoms with Gasteiger partial charge in [0.1, 0.15) is 43.2 Å². The van der Waals surface area contributed by atoms with E-state index in [2.05, 4.69) is 38.2 Å². The molecular weight excluding hydrogens is 803 g/mol. The fourth-order valence-electron chi connectivity index (χ4n) is 7.34. The Balaban J connectivity index is 2.43. The van der Waals surface area contributed by atoms with Gasteiger partial charge < -0.3 is 39.9 Å². The lowest BCUT2D eigenvalue weighted by molar-refractivity contribution is -0.220. The molecule has 358 valence electrons. The van der Waals surface area contributed by atoms with Crippen LogP contribution < -0.4 is 0 Å². The molecular formula is C47H87O13P. The monoisotopic (exact) mass is 891 g/mol. The average molecular weight is 891 g/mol. The van der Waals surface area contributed by atoms with E-state index in [9.17, 15) is 44.6 Å². The summed E-state index contributed by atoms with van der Waals surface area (Å²) in [5.74, 6) is -1.11. The molecule has 1 fully saturated rings. The molecule has 0 amide bonds. The summed E-state index contributed by atoms with van der Waals surface area (Å²) in [5, 5.41) is 50.2. The predicted molar refractivity (Wildman–Crippen MR) is 240 cm³/mol. The van der Waals surface area contributed by atoms with E-state index in [1.165, 1.54) is 96.3 Å². The standard InChI is InChI=1S/C47H87O13P/c1-3-5-7-9-11-13-15-17-18-19-20-21-22-24-26-28-30-32-34-36-41(49)59-39(38-58-61(55,56)60-47-45(53)43(51)42(50)44(52)46(47)54)37-57-40(48)35-33-31-29-27-25-23-16-14-12-10-8-6-4-2/h14,16-18,39,42-47,50-54H,3-13,15,19-38H2,1-2H3,(H,55,56)/b16-14-,18-17-. The van der Waals surface area contributed by atoms with Crippen molar-refractivity contribution in [1.82, 2.24) is 0 Å². The molecule has 0 heterocycles. The van der Waals surface area contributed by atoms with Crippen molar-refractivity contribution in [3.63, 3.8) is 0 Å². The van der Waals surface area contributed by atoms with Crippen molar-refractivity contribution >= 4 is 19.8 Å². The van der Waals surface area contributed by atoms with E-state index in [-0.39, 0.29) is 12.8 Å². The van der Waals surface area contributed by atoms with Crippen LogP contribution in [0.4, 0.5) is 0 Å². The molecule has 13 nitrogen and oxygen atoms in total. The molecule has 1 aliphatic rings. The van der Waals surface area contributed by atoms with Crippen molar-refractivity contribution in [3.05, 3.63) is 24.3 Å². The molecule has 1 rings (SSSR count). The number of aliphatic hydroxyl groups is 5. The van der Waals surface area contributed by atoms with Crippen LogP contribution in [0.2, 0.25) is 0 Å². The summed E-state index contributed by atoms with van der Waals surface area (Å²) >= 11 is 0. The second-order valence-corrected chi connectivity index (χ2v) is 18.4. The summed E-state index contributed by atoms with van der Waals surface area (Å²) in [6, 6.07) is 0. The molecule has 0 aromatic heterocycles. The molecule has 6 N–H and O–H groups in total. The first-order valence-electron chi connectivity index (χ1n) is 24.1.